The fraction of sp³-hybridized carbons (Fsp3) is 0.0769. The zero-order valence-corrected chi connectivity index (χ0v) is 9.07. The first-order valence-electron chi connectivity index (χ1n) is 5.07. The molecule has 2 aromatic carbocycles. The molecule has 0 fully saturated rings. The van der Waals surface area contributed by atoms with Crippen LogP contribution in [0.1, 0.15) is 5.56 Å². The van der Waals surface area contributed by atoms with Gasteiger partial charge in [0, 0.05) is 5.56 Å². The summed E-state index contributed by atoms with van der Waals surface area (Å²) in [7, 11) is 0. The van der Waals surface area contributed by atoms with Crippen LogP contribution in [-0.4, -0.2) is 10.2 Å². The molecule has 2 rings (SSSR count). The number of rotatable bonds is 1. The molecule has 0 spiro atoms. The summed E-state index contributed by atoms with van der Waals surface area (Å²) < 4.78 is 37.7. The zero-order valence-electron chi connectivity index (χ0n) is 9.07. The van der Waals surface area contributed by atoms with Gasteiger partial charge in [0.2, 0.25) is 0 Å². The van der Waals surface area contributed by atoms with Gasteiger partial charge in [-0.3, -0.25) is 0 Å². The smallest absolute Gasteiger partial charge is 0.416 e. The van der Waals surface area contributed by atoms with Crippen LogP contribution >= 0.6 is 0 Å². The number of phenolic OH excluding ortho intramolecular Hbond substituents is 2. The molecule has 0 aliphatic heterocycles. The fourth-order valence-corrected chi connectivity index (χ4v) is 1.62. The van der Waals surface area contributed by atoms with Gasteiger partial charge in [0.1, 0.15) is 11.5 Å². The molecule has 0 aliphatic rings. The van der Waals surface area contributed by atoms with Crippen LogP contribution in [0.3, 0.4) is 0 Å². The highest BCUT2D eigenvalue weighted by atomic mass is 19.4. The molecule has 0 amide bonds. The van der Waals surface area contributed by atoms with Gasteiger partial charge in [-0.15, -0.1) is 0 Å². The minimum atomic E-state index is -4.44. The summed E-state index contributed by atoms with van der Waals surface area (Å²) in [5.41, 5.74) is -0.456. The molecule has 0 bridgehead atoms. The molecule has 0 unspecified atom stereocenters. The lowest BCUT2D eigenvalue weighted by Crippen LogP contribution is -2.04. The molecular weight excluding hydrogens is 245 g/mol. The molecule has 0 saturated carbocycles. The SMILES string of the molecule is Oc1ccc(O)c(-c2cccc(C(F)(F)F)c2)c1. The second-order valence-electron chi connectivity index (χ2n) is 3.78. The van der Waals surface area contributed by atoms with E-state index in [0.717, 1.165) is 12.1 Å². The molecule has 5 heteroatoms. The van der Waals surface area contributed by atoms with E-state index in [0.29, 0.717) is 0 Å². The number of alkyl halides is 3. The van der Waals surface area contributed by atoms with Crippen LogP contribution < -0.4 is 0 Å². The summed E-state index contributed by atoms with van der Waals surface area (Å²) in [6.07, 6.45) is -4.44. The summed E-state index contributed by atoms with van der Waals surface area (Å²) in [5.74, 6) is -0.313. The third-order valence-electron chi connectivity index (χ3n) is 2.48. The standard InChI is InChI=1S/C13H9F3O2/c14-13(15,16)9-3-1-2-8(6-9)11-7-10(17)4-5-12(11)18/h1-7,17-18H. The summed E-state index contributed by atoms with van der Waals surface area (Å²) in [6, 6.07) is 8.26. The highest BCUT2D eigenvalue weighted by molar-refractivity contribution is 5.72. The Morgan fingerprint density at radius 1 is 0.889 bits per heavy atom. The van der Waals surface area contributed by atoms with E-state index in [2.05, 4.69) is 0 Å². The lowest BCUT2D eigenvalue weighted by molar-refractivity contribution is -0.137. The quantitative estimate of drug-likeness (QED) is 0.760. The van der Waals surface area contributed by atoms with E-state index in [9.17, 15) is 23.4 Å². The number of phenols is 2. The maximum Gasteiger partial charge on any atom is 0.416 e. The van der Waals surface area contributed by atoms with E-state index < -0.39 is 11.7 Å². The van der Waals surface area contributed by atoms with E-state index in [1.165, 1.54) is 30.3 Å². The molecule has 2 aromatic rings. The minimum Gasteiger partial charge on any atom is -0.508 e. The average molecular weight is 254 g/mol. The van der Waals surface area contributed by atoms with Gasteiger partial charge in [-0.1, -0.05) is 12.1 Å². The predicted octanol–water partition coefficient (Wildman–Crippen LogP) is 3.78. The number of aromatic hydroxyl groups is 2. The highest BCUT2D eigenvalue weighted by Crippen LogP contribution is 2.36. The van der Waals surface area contributed by atoms with E-state index >= 15 is 0 Å². The van der Waals surface area contributed by atoms with Crippen molar-refractivity contribution in [3.63, 3.8) is 0 Å². The van der Waals surface area contributed by atoms with Crippen molar-refractivity contribution < 1.29 is 23.4 Å². The molecule has 0 aliphatic carbocycles. The van der Waals surface area contributed by atoms with Crippen molar-refractivity contribution in [1.82, 2.24) is 0 Å². The van der Waals surface area contributed by atoms with Gasteiger partial charge in [0.25, 0.3) is 0 Å². The Kier molecular flexibility index (Phi) is 2.90. The number of benzene rings is 2. The summed E-state index contributed by atoms with van der Waals surface area (Å²) in [6.45, 7) is 0. The molecular formula is C13H9F3O2. The van der Waals surface area contributed by atoms with Crippen LogP contribution in [0.5, 0.6) is 11.5 Å². The van der Waals surface area contributed by atoms with Crippen molar-refractivity contribution in [2.24, 2.45) is 0 Å². The Bertz CT molecular complexity index is 577. The predicted molar refractivity (Wildman–Crippen MR) is 60.2 cm³/mol. The van der Waals surface area contributed by atoms with Crippen molar-refractivity contribution in [2.45, 2.75) is 6.18 Å². The lowest BCUT2D eigenvalue weighted by Gasteiger charge is -2.10. The second kappa shape index (κ2) is 4.25. The molecule has 0 saturated heterocycles. The Balaban J connectivity index is 2.55. The Morgan fingerprint density at radius 3 is 2.28 bits per heavy atom. The molecule has 2 nitrogen and oxygen atoms in total. The largest absolute Gasteiger partial charge is 0.508 e. The molecule has 0 aromatic heterocycles. The van der Waals surface area contributed by atoms with Crippen molar-refractivity contribution in [2.75, 3.05) is 0 Å². The minimum absolute atomic E-state index is 0.125. The summed E-state index contributed by atoms with van der Waals surface area (Å²) >= 11 is 0. The second-order valence-corrected chi connectivity index (χ2v) is 3.78. The third-order valence-corrected chi connectivity index (χ3v) is 2.48. The van der Waals surface area contributed by atoms with Gasteiger partial charge in [0.05, 0.1) is 5.56 Å². The fourth-order valence-electron chi connectivity index (χ4n) is 1.62. The van der Waals surface area contributed by atoms with Crippen LogP contribution in [0, 0.1) is 0 Å². The topological polar surface area (TPSA) is 40.5 Å². The van der Waals surface area contributed by atoms with Gasteiger partial charge in [-0.2, -0.15) is 13.2 Å². The highest BCUT2D eigenvalue weighted by Gasteiger charge is 2.30. The van der Waals surface area contributed by atoms with E-state index in [1.807, 2.05) is 0 Å². The average Bonchev–Trinajstić information content (AvgIpc) is 2.31. The maximum atomic E-state index is 12.6. The van der Waals surface area contributed by atoms with Gasteiger partial charge in [-0.05, 0) is 35.9 Å². The Labute approximate surface area is 101 Å². The Morgan fingerprint density at radius 2 is 1.61 bits per heavy atom. The molecule has 0 heterocycles. The number of hydrogen-bond acceptors (Lipinski definition) is 2. The van der Waals surface area contributed by atoms with Crippen molar-refractivity contribution in [3.05, 3.63) is 48.0 Å². The van der Waals surface area contributed by atoms with Crippen LogP contribution in [0.15, 0.2) is 42.5 Å². The third kappa shape index (κ3) is 2.40. The monoisotopic (exact) mass is 254 g/mol. The van der Waals surface area contributed by atoms with Gasteiger partial charge in [-0.25, -0.2) is 0 Å². The van der Waals surface area contributed by atoms with Gasteiger partial charge < -0.3 is 10.2 Å². The normalized spacial score (nSPS) is 11.5. The molecule has 94 valence electrons. The zero-order chi connectivity index (χ0) is 13.3. The van der Waals surface area contributed by atoms with E-state index in [4.69, 9.17) is 0 Å². The van der Waals surface area contributed by atoms with Crippen molar-refractivity contribution in [3.8, 4) is 22.6 Å². The number of hydrogen-bond donors (Lipinski definition) is 2. The first-order valence-corrected chi connectivity index (χ1v) is 5.07. The molecule has 0 radical (unpaired) electrons. The van der Waals surface area contributed by atoms with Crippen LogP contribution in [0.4, 0.5) is 13.2 Å². The van der Waals surface area contributed by atoms with Gasteiger partial charge in [0.15, 0.2) is 0 Å². The van der Waals surface area contributed by atoms with Crippen LogP contribution in [0.25, 0.3) is 11.1 Å². The molecule has 0 atom stereocenters. The van der Waals surface area contributed by atoms with Crippen LogP contribution in [0.2, 0.25) is 0 Å². The summed E-state index contributed by atoms with van der Waals surface area (Å²) in [4.78, 5) is 0. The lowest BCUT2D eigenvalue weighted by atomic mass is 10.0. The first-order chi connectivity index (χ1) is 8.38. The van der Waals surface area contributed by atoms with Crippen molar-refractivity contribution >= 4 is 0 Å². The van der Waals surface area contributed by atoms with Crippen molar-refractivity contribution in [1.29, 1.82) is 0 Å². The molecule has 18 heavy (non-hydrogen) atoms. The van der Waals surface area contributed by atoms with E-state index in [-0.39, 0.29) is 22.6 Å². The maximum absolute atomic E-state index is 12.6. The van der Waals surface area contributed by atoms with E-state index in [1.54, 1.807) is 0 Å². The number of halogens is 3. The molecule has 2 N–H and O–H groups in total. The van der Waals surface area contributed by atoms with Gasteiger partial charge >= 0.3 is 6.18 Å². The van der Waals surface area contributed by atoms with Crippen LogP contribution in [-0.2, 0) is 6.18 Å². The first kappa shape index (κ1) is 12.3. The Hall–Kier alpha value is -2.17. The summed E-state index contributed by atoms with van der Waals surface area (Å²) in [5, 5.41) is 18.9.